The highest BCUT2D eigenvalue weighted by atomic mass is 16.1. The van der Waals surface area contributed by atoms with E-state index >= 15 is 0 Å². The highest BCUT2D eigenvalue weighted by Gasteiger charge is 2.06. The van der Waals surface area contributed by atoms with Crippen molar-refractivity contribution in [2.75, 3.05) is 0 Å². The van der Waals surface area contributed by atoms with E-state index in [0.29, 0.717) is 11.1 Å². The van der Waals surface area contributed by atoms with Crippen LogP contribution in [-0.4, -0.2) is 12.1 Å². The predicted octanol–water partition coefficient (Wildman–Crippen LogP) is 1.54. The Morgan fingerprint density at radius 1 is 1.53 bits per heavy atom. The van der Waals surface area contributed by atoms with Crippen LogP contribution < -0.4 is 11.5 Å². The molecule has 1 aromatic rings. The molecule has 0 aliphatic rings. The SMILES string of the molecule is Cc1ccc(C(N)=O)cc1/C(C=N)=C/N.[HH].[HH]. The van der Waals surface area contributed by atoms with Crippen molar-refractivity contribution in [3.05, 3.63) is 41.1 Å². The molecule has 0 aromatic heterocycles. The lowest BCUT2D eigenvalue weighted by Crippen LogP contribution is -2.11. The van der Waals surface area contributed by atoms with Gasteiger partial charge in [-0.05, 0) is 30.2 Å². The molecule has 0 bridgehead atoms. The normalized spacial score (nSPS) is 11.1. The minimum atomic E-state index is -0.488. The molecule has 0 fully saturated rings. The Bertz CT molecular complexity index is 444. The molecule has 0 saturated heterocycles. The Hall–Kier alpha value is -2.10. The van der Waals surface area contributed by atoms with Crippen LogP contribution in [0.25, 0.3) is 5.57 Å². The van der Waals surface area contributed by atoms with E-state index in [4.69, 9.17) is 16.9 Å². The summed E-state index contributed by atoms with van der Waals surface area (Å²) < 4.78 is 0. The molecule has 0 heterocycles. The predicted molar refractivity (Wildman–Crippen MR) is 64.9 cm³/mol. The van der Waals surface area contributed by atoms with Gasteiger partial charge in [0.05, 0.1) is 0 Å². The van der Waals surface area contributed by atoms with Gasteiger partial charge in [-0.3, -0.25) is 4.79 Å². The van der Waals surface area contributed by atoms with Gasteiger partial charge < -0.3 is 16.9 Å². The van der Waals surface area contributed by atoms with Crippen molar-refractivity contribution < 1.29 is 7.65 Å². The van der Waals surface area contributed by atoms with Gasteiger partial charge in [-0.2, -0.15) is 0 Å². The first-order valence-electron chi connectivity index (χ1n) is 4.43. The van der Waals surface area contributed by atoms with E-state index in [1.807, 2.05) is 6.92 Å². The molecule has 0 spiro atoms. The number of carbonyl (C=O) groups excluding carboxylic acids is 1. The first kappa shape index (κ1) is 11.0. The molecule has 5 N–H and O–H groups in total. The third-order valence-corrected chi connectivity index (χ3v) is 2.17. The monoisotopic (exact) mass is 207 g/mol. The highest BCUT2D eigenvalue weighted by Crippen LogP contribution is 2.18. The third kappa shape index (κ3) is 2.22. The maximum atomic E-state index is 11.0. The second-order valence-electron chi connectivity index (χ2n) is 3.16. The lowest BCUT2D eigenvalue weighted by Gasteiger charge is -2.07. The van der Waals surface area contributed by atoms with Crippen LogP contribution in [0.4, 0.5) is 0 Å². The number of amides is 1. The Morgan fingerprint density at radius 3 is 2.67 bits per heavy atom. The van der Waals surface area contributed by atoms with Gasteiger partial charge >= 0.3 is 0 Å². The average Bonchev–Trinajstić information content (AvgIpc) is 2.22. The number of nitrogens with one attached hydrogen (secondary N) is 1. The Kier molecular flexibility index (Phi) is 3.23. The Labute approximate surface area is 91.1 Å². The van der Waals surface area contributed by atoms with Gasteiger partial charge in [0.15, 0.2) is 0 Å². The van der Waals surface area contributed by atoms with Gasteiger partial charge in [-0.1, -0.05) is 6.07 Å². The van der Waals surface area contributed by atoms with Crippen molar-refractivity contribution in [3.8, 4) is 0 Å². The number of carbonyl (C=O) groups is 1. The second kappa shape index (κ2) is 4.41. The second-order valence-corrected chi connectivity index (χ2v) is 3.16. The van der Waals surface area contributed by atoms with Gasteiger partial charge in [0, 0.05) is 26.4 Å². The van der Waals surface area contributed by atoms with E-state index in [0.717, 1.165) is 17.3 Å². The van der Waals surface area contributed by atoms with Gasteiger partial charge in [0.1, 0.15) is 0 Å². The first-order valence-corrected chi connectivity index (χ1v) is 4.43. The largest absolute Gasteiger partial charge is 0.404 e. The summed E-state index contributed by atoms with van der Waals surface area (Å²) in [4.78, 5) is 11.0. The smallest absolute Gasteiger partial charge is 0.248 e. The first-order chi connectivity index (χ1) is 7.10. The minimum Gasteiger partial charge on any atom is -0.404 e. The molecule has 4 nitrogen and oxygen atoms in total. The summed E-state index contributed by atoms with van der Waals surface area (Å²) in [5.41, 5.74) is 13.2. The summed E-state index contributed by atoms with van der Waals surface area (Å²) in [6.07, 6.45) is 2.48. The number of primary amides is 1. The van der Waals surface area contributed by atoms with Crippen LogP contribution in [0.15, 0.2) is 24.4 Å². The average molecular weight is 207 g/mol. The quantitative estimate of drug-likeness (QED) is 0.656. The molecule has 1 aromatic carbocycles. The zero-order chi connectivity index (χ0) is 11.4. The number of hydrogen-bond donors (Lipinski definition) is 3. The van der Waals surface area contributed by atoms with Crippen LogP contribution in [0.2, 0.25) is 0 Å². The number of hydrogen-bond acceptors (Lipinski definition) is 3. The van der Waals surface area contributed by atoms with Crippen molar-refractivity contribution in [3.63, 3.8) is 0 Å². The summed E-state index contributed by atoms with van der Waals surface area (Å²) >= 11 is 0. The molecule has 0 radical (unpaired) electrons. The number of benzene rings is 1. The van der Waals surface area contributed by atoms with E-state index in [1.54, 1.807) is 18.2 Å². The third-order valence-electron chi connectivity index (χ3n) is 2.17. The molecular weight excluding hydrogens is 190 g/mol. The standard InChI is InChI=1S/C11H13N3O.2H2/c1-7-2-3-8(11(14)15)4-10(7)9(5-12)6-13;;/h2-6,12H,13H2,1H3,(H2,14,15);2*1H/b9-6+,12-5?;;. The summed E-state index contributed by atoms with van der Waals surface area (Å²) in [5, 5.41) is 7.18. The number of aryl methyl sites for hydroxylation is 1. The lowest BCUT2D eigenvalue weighted by molar-refractivity contribution is 0.100. The Morgan fingerprint density at radius 2 is 2.20 bits per heavy atom. The van der Waals surface area contributed by atoms with Crippen molar-refractivity contribution >= 4 is 17.7 Å². The van der Waals surface area contributed by atoms with Crippen molar-refractivity contribution in [2.45, 2.75) is 6.92 Å². The zero-order valence-corrected chi connectivity index (χ0v) is 8.45. The molecule has 0 unspecified atom stereocenters. The number of nitrogens with two attached hydrogens (primary N) is 2. The molecule has 1 amide bonds. The van der Waals surface area contributed by atoms with Crippen LogP contribution in [0, 0.1) is 12.3 Å². The lowest BCUT2D eigenvalue weighted by atomic mass is 9.99. The summed E-state index contributed by atoms with van der Waals surface area (Å²) in [6, 6.07) is 5.07. The fraction of sp³-hybridized carbons (Fsp3) is 0.0909. The zero-order valence-electron chi connectivity index (χ0n) is 8.45. The molecule has 4 heteroatoms. The van der Waals surface area contributed by atoms with Crippen LogP contribution in [0.1, 0.15) is 24.3 Å². The van der Waals surface area contributed by atoms with Crippen molar-refractivity contribution in [1.29, 1.82) is 5.41 Å². The van der Waals surface area contributed by atoms with E-state index in [-0.39, 0.29) is 2.85 Å². The molecule has 82 valence electrons. The topological polar surface area (TPSA) is 93.0 Å². The van der Waals surface area contributed by atoms with E-state index in [2.05, 4.69) is 0 Å². The van der Waals surface area contributed by atoms with E-state index in [1.165, 1.54) is 6.20 Å². The molecule has 15 heavy (non-hydrogen) atoms. The van der Waals surface area contributed by atoms with E-state index < -0.39 is 5.91 Å². The maximum Gasteiger partial charge on any atom is 0.248 e. The molecule has 1 rings (SSSR count). The fourth-order valence-electron chi connectivity index (χ4n) is 1.30. The van der Waals surface area contributed by atoms with Gasteiger partial charge in [-0.15, -0.1) is 0 Å². The summed E-state index contributed by atoms with van der Waals surface area (Å²) in [6.45, 7) is 1.88. The molecular formula is C11H17N3O. The Balaban J connectivity index is 0. The summed E-state index contributed by atoms with van der Waals surface area (Å²) in [5.74, 6) is -0.488. The summed E-state index contributed by atoms with van der Waals surface area (Å²) in [7, 11) is 0. The highest BCUT2D eigenvalue weighted by molar-refractivity contribution is 6.09. The maximum absolute atomic E-state index is 11.0. The van der Waals surface area contributed by atoms with Gasteiger partial charge in [0.2, 0.25) is 5.91 Å². The molecule has 0 atom stereocenters. The van der Waals surface area contributed by atoms with Gasteiger partial charge in [0.25, 0.3) is 0 Å². The number of rotatable bonds is 3. The van der Waals surface area contributed by atoms with Crippen LogP contribution in [0.5, 0.6) is 0 Å². The van der Waals surface area contributed by atoms with Gasteiger partial charge in [-0.25, -0.2) is 0 Å². The van der Waals surface area contributed by atoms with E-state index in [9.17, 15) is 4.79 Å². The fourth-order valence-corrected chi connectivity index (χ4v) is 1.30. The van der Waals surface area contributed by atoms with Crippen LogP contribution in [-0.2, 0) is 0 Å². The number of allylic oxidation sites excluding steroid dienone is 1. The minimum absolute atomic E-state index is 0. The van der Waals surface area contributed by atoms with Crippen molar-refractivity contribution in [2.24, 2.45) is 11.5 Å². The molecule has 0 aliphatic carbocycles. The van der Waals surface area contributed by atoms with Crippen molar-refractivity contribution in [1.82, 2.24) is 0 Å². The van der Waals surface area contributed by atoms with Crippen LogP contribution in [0.3, 0.4) is 0 Å². The molecule has 0 aliphatic heterocycles. The molecule has 0 saturated carbocycles. The van der Waals surface area contributed by atoms with Crippen LogP contribution >= 0.6 is 0 Å².